The molecule has 3 heteroatoms. The van der Waals surface area contributed by atoms with Crippen LogP contribution in [0.3, 0.4) is 0 Å². The van der Waals surface area contributed by atoms with E-state index in [2.05, 4.69) is 25.1 Å². The van der Waals surface area contributed by atoms with E-state index in [-0.39, 0.29) is 11.6 Å². The van der Waals surface area contributed by atoms with Crippen LogP contribution in [0, 0.1) is 0 Å². The lowest BCUT2D eigenvalue weighted by Crippen LogP contribution is -2.34. The van der Waals surface area contributed by atoms with Gasteiger partial charge in [0.25, 0.3) is 0 Å². The van der Waals surface area contributed by atoms with Gasteiger partial charge < -0.3 is 4.74 Å². The molecule has 34 heavy (non-hydrogen) atoms. The predicted octanol–water partition coefficient (Wildman–Crippen LogP) is 6.86. The fourth-order valence-corrected chi connectivity index (χ4v) is 4.80. The van der Waals surface area contributed by atoms with Gasteiger partial charge in [-0.25, -0.2) is 0 Å². The van der Waals surface area contributed by atoms with E-state index in [0.717, 1.165) is 29.5 Å². The minimum Gasteiger partial charge on any atom is -0.349 e. The molecule has 0 fully saturated rings. The number of carbonyl (C=O) groups is 2. The van der Waals surface area contributed by atoms with Crippen molar-refractivity contribution in [1.29, 1.82) is 0 Å². The summed E-state index contributed by atoms with van der Waals surface area (Å²) in [6, 6.07) is 32.2. The molecule has 168 valence electrons. The number of carbonyl (C=O) groups excluding carboxylic acids is 2. The molecule has 1 aliphatic rings. The van der Waals surface area contributed by atoms with Gasteiger partial charge in [-0.15, -0.1) is 0 Å². The van der Waals surface area contributed by atoms with Gasteiger partial charge in [0.2, 0.25) is 0 Å². The largest absolute Gasteiger partial charge is 0.349 e. The van der Waals surface area contributed by atoms with Gasteiger partial charge in [0.05, 0.1) is 0 Å². The molecule has 0 amide bonds. The van der Waals surface area contributed by atoms with Crippen molar-refractivity contribution in [3.8, 4) is 11.1 Å². The minimum absolute atomic E-state index is 0.329. The number of Topliss-reactive ketones (excluding diaryl/α,β-unsaturated/α-hetero) is 2. The summed E-state index contributed by atoms with van der Waals surface area (Å²) in [5.41, 5.74) is 6.48. The molecule has 0 bridgehead atoms. The number of benzene rings is 4. The normalized spacial score (nSPS) is 14.0. The van der Waals surface area contributed by atoms with Gasteiger partial charge in [-0.3, -0.25) is 9.59 Å². The Morgan fingerprint density at radius 2 is 1.26 bits per heavy atom. The molecular weight excluding hydrogens is 420 g/mol. The van der Waals surface area contributed by atoms with Crippen molar-refractivity contribution in [2.24, 2.45) is 0 Å². The van der Waals surface area contributed by atoms with Crippen molar-refractivity contribution in [2.75, 3.05) is 0 Å². The van der Waals surface area contributed by atoms with E-state index in [4.69, 9.17) is 4.74 Å². The summed E-state index contributed by atoms with van der Waals surface area (Å²) in [7, 11) is 0. The van der Waals surface area contributed by atoms with Crippen molar-refractivity contribution in [3.63, 3.8) is 0 Å². The molecule has 0 saturated heterocycles. The number of hydrogen-bond donors (Lipinski definition) is 0. The van der Waals surface area contributed by atoms with Crippen molar-refractivity contribution in [3.05, 3.63) is 131 Å². The second-order valence-electron chi connectivity index (χ2n) is 8.58. The number of rotatable bonds is 8. The number of ketones is 2. The average molecular weight is 447 g/mol. The van der Waals surface area contributed by atoms with Crippen LogP contribution in [0.2, 0.25) is 0 Å². The van der Waals surface area contributed by atoms with E-state index < -0.39 is 12.2 Å². The Balaban J connectivity index is 1.60. The first kappa shape index (κ1) is 22.0. The second kappa shape index (κ2) is 9.58. The molecule has 1 aliphatic carbocycles. The van der Waals surface area contributed by atoms with E-state index in [1.165, 1.54) is 11.1 Å². The van der Waals surface area contributed by atoms with Crippen molar-refractivity contribution in [2.45, 2.75) is 32.0 Å². The van der Waals surface area contributed by atoms with E-state index in [1.807, 2.05) is 36.4 Å². The first-order chi connectivity index (χ1) is 16.7. The third-order valence-electron chi connectivity index (χ3n) is 6.36. The molecule has 1 unspecified atom stereocenters. The smallest absolute Gasteiger partial charge is 0.199 e. The molecule has 0 heterocycles. The fraction of sp³-hybridized carbons (Fsp3) is 0.161. The van der Waals surface area contributed by atoms with E-state index in [1.54, 1.807) is 48.5 Å². The number of fused-ring (bicyclic) bond motifs is 3. The number of hydrogen-bond acceptors (Lipinski definition) is 3. The van der Waals surface area contributed by atoms with Crippen LogP contribution in [0.4, 0.5) is 0 Å². The van der Waals surface area contributed by atoms with Crippen molar-refractivity contribution < 1.29 is 14.3 Å². The molecule has 0 saturated carbocycles. The third kappa shape index (κ3) is 4.00. The SMILES string of the molecule is CCCc1cccc2c1-c1ccccc1C2OC(C(=O)c1ccccc1)C(=O)c1ccccc1. The molecule has 4 aromatic carbocycles. The topological polar surface area (TPSA) is 43.4 Å². The Kier molecular flexibility index (Phi) is 6.20. The zero-order valence-corrected chi connectivity index (χ0v) is 19.1. The van der Waals surface area contributed by atoms with Crippen LogP contribution >= 0.6 is 0 Å². The second-order valence-corrected chi connectivity index (χ2v) is 8.58. The van der Waals surface area contributed by atoms with Crippen LogP contribution in [0.15, 0.2) is 103 Å². The van der Waals surface area contributed by atoms with E-state index >= 15 is 0 Å². The molecule has 3 nitrogen and oxygen atoms in total. The van der Waals surface area contributed by atoms with Gasteiger partial charge in [-0.2, -0.15) is 0 Å². The fourth-order valence-electron chi connectivity index (χ4n) is 4.80. The van der Waals surface area contributed by atoms with Crippen LogP contribution in [0.5, 0.6) is 0 Å². The maximum Gasteiger partial charge on any atom is 0.199 e. The third-order valence-corrected chi connectivity index (χ3v) is 6.36. The van der Waals surface area contributed by atoms with E-state index in [0.29, 0.717) is 11.1 Å². The molecule has 1 atom stereocenters. The predicted molar refractivity (Wildman–Crippen MR) is 134 cm³/mol. The highest BCUT2D eigenvalue weighted by Gasteiger charge is 2.37. The lowest BCUT2D eigenvalue weighted by Gasteiger charge is -2.22. The van der Waals surface area contributed by atoms with Crippen LogP contribution in [-0.4, -0.2) is 17.7 Å². The lowest BCUT2D eigenvalue weighted by molar-refractivity contribution is 0.0168. The van der Waals surface area contributed by atoms with Gasteiger partial charge >= 0.3 is 0 Å². The summed E-state index contributed by atoms with van der Waals surface area (Å²) < 4.78 is 6.53. The highest BCUT2D eigenvalue weighted by atomic mass is 16.5. The Hall–Kier alpha value is -3.82. The maximum atomic E-state index is 13.6. The zero-order valence-electron chi connectivity index (χ0n) is 19.1. The molecule has 0 aromatic heterocycles. The highest BCUT2D eigenvalue weighted by molar-refractivity contribution is 6.18. The monoisotopic (exact) mass is 446 g/mol. The van der Waals surface area contributed by atoms with Gasteiger partial charge in [0, 0.05) is 11.1 Å². The Labute approximate surface area is 200 Å². The Morgan fingerprint density at radius 3 is 1.88 bits per heavy atom. The summed E-state index contributed by atoms with van der Waals surface area (Å²) in [5, 5.41) is 0. The first-order valence-corrected chi connectivity index (χ1v) is 11.7. The summed E-state index contributed by atoms with van der Waals surface area (Å²) in [4.78, 5) is 27.2. The average Bonchev–Trinajstić information content (AvgIpc) is 3.22. The van der Waals surface area contributed by atoms with Crippen LogP contribution in [0.1, 0.15) is 56.9 Å². The van der Waals surface area contributed by atoms with Gasteiger partial charge in [0.15, 0.2) is 17.7 Å². The van der Waals surface area contributed by atoms with E-state index in [9.17, 15) is 9.59 Å². The van der Waals surface area contributed by atoms with Crippen molar-refractivity contribution in [1.82, 2.24) is 0 Å². The highest BCUT2D eigenvalue weighted by Crippen LogP contribution is 2.47. The molecule has 0 spiro atoms. The van der Waals surface area contributed by atoms with Crippen LogP contribution < -0.4 is 0 Å². The molecule has 0 aliphatic heterocycles. The molecule has 4 aromatic rings. The molecular formula is C31H26O3. The minimum atomic E-state index is -1.25. The quantitative estimate of drug-likeness (QED) is 0.219. The summed E-state index contributed by atoms with van der Waals surface area (Å²) in [6.45, 7) is 2.17. The van der Waals surface area contributed by atoms with Gasteiger partial charge in [-0.1, -0.05) is 116 Å². The molecule has 0 radical (unpaired) electrons. The van der Waals surface area contributed by atoms with Crippen LogP contribution in [-0.2, 0) is 11.2 Å². The Bertz CT molecular complexity index is 1270. The van der Waals surface area contributed by atoms with Crippen molar-refractivity contribution >= 4 is 11.6 Å². The Morgan fingerprint density at radius 1 is 0.706 bits per heavy atom. The number of ether oxygens (including phenoxy) is 1. The summed E-state index contributed by atoms with van der Waals surface area (Å²) in [5.74, 6) is -0.657. The molecule has 5 rings (SSSR count). The molecule has 0 N–H and O–H groups in total. The maximum absolute atomic E-state index is 13.6. The first-order valence-electron chi connectivity index (χ1n) is 11.7. The standard InChI is InChI=1S/C31H26O3/c1-2-12-21-17-11-20-26-27(21)24-18-9-10-19-25(24)30(26)34-31(28(32)22-13-5-3-6-14-22)29(33)23-15-7-4-8-16-23/h3-11,13-20,30-31H,2,12H2,1H3. The summed E-state index contributed by atoms with van der Waals surface area (Å²) >= 11 is 0. The summed E-state index contributed by atoms with van der Waals surface area (Å²) in [6.07, 6.45) is 0.252. The number of aryl methyl sites for hydroxylation is 1. The zero-order chi connectivity index (χ0) is 23.5. The van der Waals surface area contributed by atoms with Gasteiger partial charge in [0.1, 0.15) is 6.10 Å². The lowest BCUT2D eigenvalue weighted by atomic mass is 9.96. The van der Waals surface area contributed by atoms with Crippen LogP contribution in [0.25, 0.3) is 11.1 Å². The van der Waals surface area contributed by atoms with Gasteiger partial charge in [-0.05, 0) is 34.2 Å².